The van der Waals surface area contributed by atoms with E-state index in [0.29, 0.717) is 16.3 Å². The van der Waals surface area contributed by atoms with E-state index in [-0.39, 0.29) is 26.8 Å². The zero-order valence-corrected chi connectivity index (χ0v) is 19.1. The molecule has 0 saturated heterocycles. The Morgan fingerprint density at radius 2 is 1.68 bits per heavy atom. The van der Waals surface area contributed by atoms with Crippen molar-refractivity contribution in [3.8, 4) is 38.7 Å². The summed E-state index contributed by atoms with van der Waals surface area (Å²) in [5.74, 6) is 0.172. The molecule has 2 heterocycles. The van der Waals surface area contributed by atoms with E-state index >= 15 is 0 Å². The van der Waals surface area contributed by atoms with Crippen molar-refractivity contribution in [2.45, 2.75) is 0 Å². The Kier molecular flexibility index (Phi) is 5.95. The van der Waals surface area contributed by atoms with Crippen LogP contribution in [0.4, 0.5) is 5.69 Å². The van der Waals surface area contributed by atoms with Gasteiger partial charge in [-0.1, -0.05) is 47.5 Å². The summed E-state index contributed by atoms with van der Waals surface area (Å²) in [6, 6.07) is 26.0. The fourth-order valence-electron chi connectivity index (χ4n) is 3.37. The number of pyridine rings is 1. The fraction of sp³-hybridized carbons (Fsp3) is 0. The van der Waals surface area contributed by atoms with E-state index in [1.165, 1.54) is 11.3 Å². The van der Waals surface area contributed by atoms with Crippen LogP contribution in [0.2, 0.25) is 0 Å². The summed E-state index contributed by atoms with van der Waals surface area (Å²) in [4.78, 5) is 12.9. The van der Waals surface area contributed by atoms with E-state index < -0.39 is 0 Å². The number of hydrogen-bond donors (Lipinski definition) is 1. The predicted octanol–water partition coefficient (Wildman–Crippen LogP) is 6.75. The summed E-state index contributed by atoms with van der Waals surface area (Å²) in [7, 11) is 0. The molecule has 0 aliphatic heterocycles. The Bertz CT molecular complexity index is 1420. The van der Waals surface area contributed by atoms with Gasteiger partial charge in [-0.15, -0.1) is 41.2 Å². The second kappa shape index (κ2) is 8.81. The summed E-state index contributed by atoms with van der Waals surface area (Å²) in [6.07, 6.45) is 1.76. The molecule has 0 amide bonds. The van der Waals surface area contributed by atoms with Crippen LogP contribution in [0.5, 0.6) is 5.75 Å². The maximum Gasteiger partial charge on any atom is 0.205 e. The number of aromatic nitrogens is 2. The van der Waals surface area contributed by atoms with Crippen LogP contribution >= 0.6 is 11.3 Å². The minimum absolute atomic E-state index is 0. The number of aromatic hydroxyl groups is 1. The molecule has 5 rings (SSSR count). The van der Waals surface area contributed by atoms with Gasteiger partial charge in [-0.25, -0.2) is 9.83 Å². The number of nitrogens with zero attached hydrogens (tertiary/aromatic N) is 3. The summed E-state index contributed by atoms with van der Waals surface area (Å²) in [6.45, 7) is 7.54. The number of benzene rings is 3. The third-order valence-corrected chi connectivity index (χ3v) is 5.91. The van der Waals surface area contributed by atoms with Crippen LogP contribution in [0, 0.1) is 12.6 Å². The maximum absolute atomic E-state index is 10.3. The number of phenols is 1. The van der Waals surface area contributed by atoms with Crippen molar-refractivity contribution < 1.29 is 26.2 Å². The number of rotatable bonds is 3. The average molecular weight is 600 g/mol. The molecule has 0 aliphatic carbocycles. The van der Waals surface area contributed by atoms with Crippen molar-refractivity contribution in [2.24, 2.45) is 0 Å². The maximum atomic E-state index is 10.3. The second-order valence-corrected chi connectivity index (χ2v) is 7.65. The van der Waals surface area contributed by atoms with Crippen LogP contribution in [-0.2, 0) is 21.1 Å². The minimum Gasteiger partial charge on any atom is -0.507 e. The van der Waals surface area contributed by atoms with E-state index in [9.17, 15) is 5.11 Å². The van der Waals surface area contributed by atoms with Gasteiger partial charge < -0.3 is 5.11 Å². The molecule has 152 valence electrons. The molecule has 31 heavy (non-hydrogen) atoms. The van der Waals surface area contributed by atoms with Gasteiger partial charge in [0.2, 0.25) is 5.69 Å². The normalized spacial score (nSPS) is 10.4. The largest absolute Gasteiger partial charge is 0.507 e. The molecule has 0 fully saturated rings. The smallest absolute Gasteiger partial charge is 0.205 e. The van der Waals surface area contributed by atoms with Gasteiger partial charge in [0.1, 0.15) is 10.8 Å². The first-order chi connectivity index (χ1) is 14.7. The Balaban J connectivity index is 0.00000231. The van der Waals surface area contributed by atoms with Crippen LogP contribution in [0.25, 0.3) is 48.0 Å². The number of phenolic OH excluding ortho intramolecular Hbond substituents is 1. The SMILES string of the molecule is [C-]#[N+]c1ccc(-c2[c-]c(-c3ccccn3)ccc2)c2nc(-c3ccccc3O)sc12.[Pt]. The fourth-order valence-corrected chi connectivity index (χ4v) is 4.45. The van der Waals surface area contributed by atoms with Gasteiger partial charge in [0.15, 0.2) is 0 Å². The third kappa shape index (κ3) is 3.88. The molecule has 0 aliphatic rings. The number of fused-ring (bicyclic) bond motifs is 1. The molecular formula is C25H14N3OPtS-. The molecule has 6 heteroatoms. The van der Waals surface area contributed by atoms with Crippen molar-refractivity contribution in [2.75, 3.05) is 0 Å². The van der Waals surface area contributed by atoms with Crippen LogP contribution < -0.4 is 0 Å². The number of hydrogen-bond acceptors (Lipinski definition) is 4. The molecule has 0 atom stereocenters. The summed E-state index contributed by atoms with van der Waals surface area (Å²) < 4.78 is 0.803. The van der Waals surface area contributed by atoms with Crippen molar-refractivity contribution in [3.05, 3.63) is 96.5 Å². The molecule has 0 saturated carbocycles. The summed E-state index contributed by atoms with van der Waals surface area (Å²) >= 11 is 1.41. The molecule has 0 unspecified atom stereocenters. The van der Waals surface area contributed by atoms with E-state index in [1.807, 2.05) is 60.7 Å². The molecule has 4 nitrogen and oxygen atoms in total. The first-order valence-electron chi connectivity index (χ1n) is 9.28. The van der Waals surface area contributed by atoms with E-state index in [2.05, 4.69) is 15.9 Å². The minimum atomic E-state index is 0. The van der Waals surface area contributed by atoms with Gasteiger partial charge in [0, 0.05) is 38.5 Å². The van der Waals surface area contributed by atoms with Crippen molar-refractivity contribution in [3.63, 3.8) is 0 Å². The van der Waals surface area contributed by atoms with Crippen molar-refractivity contribution >= 4 is 27.2 Å². The Labute approximate surface area is 198 Å². The van der Waals surface area contributed by atoms with Gasteiger partial charge in [-0.05, 0) is 18.2 Å². The van der Waals surface area contributed by atoms with E-state index in [1.54, 1.807) is 18.3 Å². The standard InChI is InChI=1S/C25H14N3OS.Pt/c1-26-21-13-12-18(16-7-6-8-17(15-16)20-10-4-5-14-27-20)23-24(21)30-25(28-23)19-9-2-3-11-22(19)29;/h2-14,29H;/q-1;. The molecule has 0 bridgehead atoms. The van der Waals surface area contributed by atoms with Crippen molar-refractivity contribution in [1.82, 2.24) is 9.97 Å². The average Bonchev–Trinajstić information content (AvgIpc) is 3.24. The molecule has 5 aromatic rings. The van der Waals surface area contributed by atoms with Crippen molar-refractivity contribution in [1.29, 1.82) is 0 Å². The number of para-hydroxylation sites is 1. The Morgan fingerprint density at radius 1 is 0.871 bits per heavy atom. The number of thiazole rings is 1. The van der Waals surface area contributed by atoms with Gasteiger partial charge in [-0.3, -0.25) is 4.98 Å². The quantitative estimate of drug-likeness (QED) is 0.234. The first kappa shape index (κ1) is 20.9. The molecule has 1 N–H and O–H groups in total. The molecule has 0 spiro atoms. The van der Waals surface area contributed by atoms with Gasteiger partial charge in [0.25, 0.3) is 0 Å². The van der Waals surface area contributed by atoms with Gasteiger partial charge >= 0.3 is 0 Å². The Morgan fingerprint density at radius 3 is 2.45 bits per heavy atom. The van der Waals surface area contributed by atoms with Crippen LogP contribution in [0.1, 0.15) is 0 Å². The monoisotopic (exact) mass is 599 g/mol. The first-order valence-corrected chi connectivity index (χ1v) is 10.1. The van der Waals surface area contributed by atoms with Gasteiger partial charge in [-0.2, -0.15) is 0 Å². The summed E-state index contributed by atoms with van der Waals surface area (Å²) in [5, 5.41) is 10.9. The zero-order chi connectivity index (χ0) is 20.5. The van der Waals surface area contributed by atoms with E-state index in [0.717, 1.165) is 32.6 Å². The molecular weight excluding hydrogens is 585 g/mol. The van der Waals surface area contributed by atoms with E-state index in [4.69, 9.17) is 11.6 Å². The van der Waals surface area contributed by atoms with Crippen LogP contribution in [-0.4, -0.2) is 15.1 Å². The Hall–Kier alpha value is -3.32. The van der Waals surface area contributed by atoms with Crippen LogP contribution in [0.15, 0.2) is 79.0 Å². The second-order valence-electron chi connectivity index (χ2n) is 6.65. The van der Waals surface area contributed by atoms with Gasteiger partial charge in [0.05, 0.1) is 16.8 Å². The third-order valence-electron chi connectivity index (χ3n) is 4.80. The summed E-state index contributed by atoms with van der Waals surface area (Å²) in [5.41, 5.74) is 5.47. The van der Waals surface area contributed by atoms with Crippen LogP contribution in [0.3, 0.4) is 0 Å². The molecule has 0 radical (unpaired) electrons. The molecule has 3 aromatic carbocycles. The zero-order valence-electron chi connectivity index (χ0n) is 16.0. The topological polar surface area (TPSA) is 50.4 Å². The molecule has 2 aromatic heterocycles. The predicted molar refractivity (Wildman–Crippen MR) is 120 cm³/mol.